The van der Waals surface area contributed by atoms with Gasteiger partial charge in [0, 0.05) is 5.54 Å². The Morgan fingerprint density at radius 3 is 2.29 bits per heavy atom. The molecule has 0 aliphatic heterocycles. The van der Waals surface area contributed by atoms with E-state index in [1.54, 1.807) is 0 Å². The highest BCUT2D eigenvalue weighted by atomic mass is 14.7. The molecule has 1 nitrogen and oxygen atoms in total. The van der Waals surface area contributed by atoms with Gasteiger partial charge in [0.25, 0.3) is 0 Å². The monoisotopic (exact) mass is 195 g/mol. The molecule has 0 bridgehead atoms. The van der Waals surface area contributed by atoms with Crippen LogP contribution in [0.5, 0.6) is 0 Å². The number of hydrogen-bond donors (Lipinski definition) is 1. The van der Waals surface area contributed by atoms with Gasteiger partial charge in [0.05, 0.1) is 0 Å². The van der Waals surface area contributed by atoms with Crippen molar-refractivity contribution >= 4 is 0 Å². The molecule has 0 aromatic carbocycles. The Bertz CT molecular complexity index is 176. The molecule has 2 aliphatic carbocycles. The molecule has 0 saturated heterocycles. The first-order chi connectivity index (χ1) is 6.68. The largest absolute Gasteiger partial charge is 0.325 e. The van der Waals surface area contributed by atoms with Crippen LogP contribution >= 0.6 is 0 Å². The summed E-state index contributed by atoms with van der Waals surface area (Å²) in [7, 11) is 0. The fourth-order valence-electron chi connectivity index (χ4n) is 2.86. The molecule has 2 rings (SSSR count). The molecule has 1 heteroatoms. The van der Waals surface area contributed by atoms with Crippen LogP contribution in [0.4, 0.5) is 0 Å². The Labute approximate surface area is 88.4 Å². The van der Waals surface area contributed by atoms with E-state index in [-0.39, 0.29) is 5.54 Å². The van der Waals surface area contributed by atoms with Gasteiger partial charge in [0.15, 0.2) is 0 Å². The highest BCUT2D eigenvalue weighted by Crippen LogP contribution is 2.37. The summed E-state index contributed by atoms with van der Waals surface area (Å²) in [5.74, 6) is 1.96. The zero-order chi connectivity index (χ0) is 10.0. The van der Waals surface area contributed by atoms with Gasteiger partial charge in [-0.2, -0.15) is 0 Å². The van der Waals surface area contributed by atoms with Gasteiger partial charge in [0.1, 0.15) is 0 Å². The van der Waals surface area contributed by atoms with Crippen molar-refractivity contribution in [1.29, 1.82) is 0 Å². The maximum Gasteiger partial charge on any atom is 0.0154 e. The van der Waals surface area contributed by atoms with E-state index in [1.807, 2.05) is 0 Å². The van der Waals surface area contributed by atoms with Gasteiger partial charge in [-0.05, 0) is 50.4 Å². The molecule has 2 fully saturated rings. The van der Waals surface area contributed by atoms with Crippen molar-refractivity contribution in [1.82, 2.24) is 0 Å². The van der Waals surface area contributed by atoms with E-state index >= 15 is 0 Å². The van der Waals surface area contributed by atoms with Crippen LogP contribution in [0, 0.1) is 11.8 Å². The molecular formula is C13H25N. The van der Waals surface area contributed by atoms with Gasteiger partial charge in [0.2, 0.25) is 0 Å². The summed E-state index contributed by atoms with van der Waals surface area (Å²) in [4.78, 5) is 0. The Hall–Kier alpha value is -0.0400. The molecule has 0 atom stereocenters. The van der Waals surface area contributed by atoms with Gasteiger partial charge in [-0.3, -0.25) is 0 Å². The zero-order valence-corrected chi connectivity index (χ0v) is 9.60. The third kappa shape index (κ3) is 2.50. The van der Waals surface area contributed by atoms with Crippen molar-refractivity contribution < 1.29 is 0 Å². The third-order valence-electron chi connectivity index (χ3n) is 4.55. The lowest BCUT2D eigenvalue weighted by Gasteiger charge is -2.38. The summed E-state index contributed by atoms with van der Waals surface area (Å²) in [5.41, 5.74) is 6.67. The second kappa shape index (κ2) is 4.22. The lowest BCUT2D eigenvalue weighted by molar-refractivity contribution is 0.195. The summed E-state index contributed by atoms with van der Waals surface area (Å²) in [6, 6.07) is 0. The fraction of sp³-hybridized carbons (Fsp3) is 1.00. The zero-order valence-electron chi connectivity index (χ0n) is 9.60. The molecule has 0 radical (unpaired) electrons. The van der Waals surface area contributed by atoms with Crippen LogP contribution in [0.25, 0.3) is 0 Å². The Balaban J connectivity index is 1.71. The third-order valence-corrected chi connectivity index (χ3v) is 4.55. The highest BCUT2D eigenvalue weighted by Gasteiger charge is 2.31. The van der Waals surface area contributed by atoms with Crippen LogP contribution in [0.15, 0.2) is 0 Å². The lowest BCUT2D eigenvalue weighted by Crippen LogP contribution is -2.43. The van der Waals surface area contributed by atoms with Gasteiger partial charge in [-0.15, -0.1) is 0 Å². The SMILES string of the molecule is CC1CCC(N)(CCC2CCC2)CC1. The Morgan fingerprint density at radius 1 is 1.14 bits per heavy atom. The maximum absolute atomic E-state index is 6.45. The summed E-state index contributed by atoms with van der Waals surface area (Å²) in [6.45, 7) is 2.37. The van der Waals surface area contributed by atoms with Crippen molar-refractivity contribution in [3.63, 3.8) is 0 Å². The average molecular weight is 195 g/mol. The smallest absolute Gasteiger partial charge is 0.0154 e. The molecule has 0 heterocycles. The van der Waals surface area contributed by atoms with Crippen LogP contribution in [0.3, 0.4) is 0 Å². The van der Waals surface area contributed by atoms with Crippen LogP contribution in [-0.4, -0.2) is 5.54 Å². The first-order valence-corrected chi connectivity index (χ1v) is 6.47. The van der Waals surface area contributed by atoms with Crippen LogP contribution < -0.4 is 5.73 Å². The number of nitrogens with two attached hydrogens (primary N) is 1. The molecule has 0 aromatic heterocycles. The van der Waals surface area contributed by atoms with E-state index in [1.165, 1.54) is 57.8 Å². The Kier molecular flexibility index (Phi) is 3.16. The molecule has 0 spiro atoms. The summed E-state index contributed by atoms with van der Waals surface area (Å²) in [6.07, 6.45) is 12.4. The molecule has 0 aromatic rings. The summed E-state index contributed by atoms with van der Waals surface area (Å²) >= 11 is 0. The van der Waals surface area contributed by atoms with Crippen LogP contribution in [-0.2, 0) is 0 Å². The van der Waals surface area contributed by atoms with E-state index in [0.717, 1.165) is 11.8 Å². The maximum atomic E-state index is 6.45. The molecule has 2 saturated carbocycles. The van der Waals surface area contributed by atoms with Crippen molar-refractivity contribution in [2.24, 2.45) is 17.6 Å². The van der Waals surface area contributed by atoms with Gasteiger partial charge < -0.3 is 5.73 Å². The topological polar surface area (TPSA) is 26.0 Å². The minimum atomic E-state index is 0.224. The van der Waals surface area contributed by atoms with Crippen LogP contribution in [0.2, 0.25) is 0 Å². The number of rotatable bonds is 3. The quantitative estimate of drug-likeness (QED) is 0.733. The predicted octanol–water partition coefficient (Wildman–Crippen LogP) is 3.47. The summed E-state index contributed by atoms with van der Waals surface area (Å²) in [5, 5.41) is 0. The molecule has 2 N–H and O–H groups in total. The predicted molar refractivity (Wildman–Crippen MR) is 61.1 cm³/mol. The molecular weight excluding hydrogens is 170 g/mol. The van der Waals surface area contributed by atoms with Crippen molar-refractivity contribution in [3.8, 4) is 0 Å². The van der Waals surface area contributed by atoms with E-state index in [9.17, 15) is 0 Å². The minimum Gasteiger partial charge on any atom is -0.325 e. The molecule has 2 aliphatic rings. The van der Waals surface area contributed by atoms with E-state index in [4.69, 9.17) is 5.73 Å². The summed E-state index contributed by atoms with van der Waals surface area (Å²) < 4.78 is 0. The lowest BCUT2D eigenvalue weighted by atomic mass is 9.72. The second-order valence-electron chi connectivity index (χ2n) is 5.88. The highest BCUT2D eigenvalue weighted by molar-refractivity contribution is 4.90. The molecule has 14 heavy (non-hydrogen) atoms. The van der Waals surface area contributed by atoms with E-state index < -0.39 is 0 Å². The number of hydrogen-bond acceptors (Lipinski definition) is 1. The van der Waals surface area contributed by atoms with Crippen molar-refractivity contribution in [2.45, 2.75) is 70.3 Å². The normalized spacial score (nSPS) is 39.4. The van der Waals surface area contributed by atoms with Gasteiger partial charge >= 0.3 is 0 Å². The Morgan fingerprint density at radius 2 is 1.79 bits per heavy atom. The van der Waals surface area contributed by atoms with Crippen molar-refractivity contribution in [2.75, 3.05) is 0 Å². The van der Waals surface area contributed by atoms with Crippen molar-refractivity contribution in [3.05, 3.63) is 0 Å². The van der Waals surface area contributed by atoms with Gasteiger partial charge in [-0.1, -0.05) is 26.2 Å². The average Bonchev–Trinajstić information content (AvgIpc) is 2.08. The van der Waals surface area contributed by atoms with Gasteiger partial charge in [-0.25, -0.2) is 0 Å². The fourth-order valence-corrected chi connectivity index (χ4v) is 2.86. The molecule has 0 unspecified atom stereocenters. The van der Waals surface area contributed by atoms with E-state index in [0.29, 0.717) is 0 Å². The standard InChI is InChI=1S/C13H25N/c1-11-5-8-13(14,9-6-11)10-7-12-3-2-4-12/h11-12H,2-10,14H2,1H3. The first-order valence-electron chi connectivity index (χ1n) is 6.47. The second-order valence-corrected chi connectivity index (χ2v) is 5.88. The molecule has 0 amide bonds. The van der Waals surface area contributed by atoms with E-state index in [2.05, 4.69) is 6.92 Å². The van der Waals surface area contributed by atoms with Crippen LogP contribution in [0.1, 0.15) is 64.7 Å². The first kappa shape index (κ1) is 10.5. The minimum absolute atomic E-state index is 0.224. The molecule has 82 valence electrons.